The van der Waals surface area contributed by atoms with Crippen LogP contribution in [0.3, 0.4) is 0 Å². The van der Waals surface area contributed by atoms with Crippen LogP contribution in [0, 0.1) is 27.4 Å². The molecule has 4 nitrogen and oxygen atoms in total. The maximum atomic E-state index is 10.8. The average Bonchev–Trinajstić information content (AvgIpc) is 2.89. The molecule has 18 heavy (non-hydrogen) atoms. The van der Waals surface area contributed by atoms with E-state index in [-0.39, 0.29) is 11.3 Å². The molecule has 0 atom stereocenters. The maximum absolute atomic E-state index is 10.8. The fourth-order valence-corrected chi connectivity index (χ4v) is 3.36. The molecule has 0 unspecified atom stereocenters. The van der Waals surface area contributed by atoms with Gasteiger partial charge < -0.3 is 0 Å². The second kappa shape index (κ2) is 5.87. The monoisotopic (exact) mass is 262 g/mol. The summed E-state index contributed by atoms with van der Waals surface area (Å²) in [5, 5.41) is 19.6. The number of hydrogen-bond donors (Lipinski definition) is 0. The Morgan fingerprint density at radius 1 is 1.44 bits per heavy atom. The molecule has 94 valence electrons. The van der Waals surface area contributed by atoms with Crippen LogP contribution in [0.25, 0.3) is 0 Å². The predicted molar refractivity (Wildman–Crippen MR) is 70.5 cm³/mol. The van der Waals surface area contributed by atoms with Gasteiger partial charge in [0.05, 0.1) is 4.92 Å². The molecule has 0 radical (unpaired) electrons. The number of nitriles is 1. The van der Waals surface area contributed by atoms with Gasteiger partial charge in [-0.25, -0.2) is 0 Å². The number of thioether (sulfide) groups is 1. The van der Waals surface area contributed by atoms with Crippen LogP contribution in [0.1, 0.15) is 31.2 Å². The van der Waals surface area contributed by atoms with Crippen LogP contribution in [0.5, 0.6) is 0 Å². The second-order valence-corrected chi connectivity index (χ2v) is 5.60. The predicted octanol–water partition coefficient (Wildman–Crippen LogP) is 3.75. The summed E-state index contributed by atoms with van der Waals surface area (Å²) in [6.45, 7) is 0. The van der Waals surface area contributed by atoms with Crippen LogP contribution < -0.4 is 0 Å². The summed E-state index contributed by atoms with van der Waals surface area (Å²) in [4.78, 5) is 11.2. The summed E-state index contributed by atoms with van der Waals surface area (Å²) in [6.07, 6.45) is 5.15. The van der Waals surface area contributed by atoms with E-state index in [2.05, 4.69) is 0 Å². The lowest BCUT2D eigenvalue weighted by Gasteiger charge is -2.08. The van der Waals surface area contributed by atoms with E-state index in [1.807, 2.05) is 6.07 Å². The number of nitro benzene ring substituents is 1. The first kappa shape index (κ1) is 12.9. The van der Waals surface area contributed by atoms with Gasteiger partial charge in [-0.15, -0.1) is 11.8 Å². The minimum Gasteiger partial charge on any atom is -0.258 e. The Morgan fingerprint density at radius 2 is 2.17 bits per heavy atom. The van der Waals surface area contributed by atoms with Crippen LogP contribution in [-0.2, 0) is 0 Å². The Hall–Kier alpha value is -1.54. The van der Waals surface area contributed by atoms with Crippen molar-refractivity contribution in [2.24, 2.45) is 5.92 Å². The van der Waals surface area contributed by atoms with E-state index < -0.39 is 4.92 Å². The molecule has 0 heterocycles. The van der Waals surface area contributed by atoms with E-state index in [1.165, 1.54) is 37.8 Å². The molecule has 2 rings (SSSR count). The molecule has 0 aliphatic heterocycles. The van der Waals surface area contributed by atoms with Crippen molar-refractivity contribution in [1.82, 2.24) is 0 Å². The molecule has 0 spiro atoms. The quantitative estimate of drug-likeness (QED) is 0.471. The molecule has 1 aliphatic rings. The van der Waals surface area contributed by atoms with Gasteiger partial charge in [-0.2, -0.15) is 5.26 Å². The van der Waals surface area contributed by atoms with E-state index in [0.29, 0.717) is 0 Å². The minimum atomic E-state index is -0.488. The van der Waals surface area contributed by atoms with Gasteiger partial charge in [-0.3, -0.25) is 10.1 Å². The van der Waals surface area contributed by atoms with Crippen LogP contribution >= 0.6 is 11.8 Å². The molecule has 1 aromatic rings. The zero-order valence-electron chi connectivity index (χ0n) is 9.96. The van der Waals surface area contributed by atoms with Crippen molar-refractivity contribution in [3.63, 3.8) is 0 Å². The third-order valence-corrected chi connectivity index (χ3v) is 4.47. The van der Waals surface area contributed by atoms with E-state index in [0.717, 1.165) is 16.6 Å². The van der Waals surface area contributed by atoms with E-state index >= 15 is 0 Å². The number of rotatable bonds is 4. The first-order valence-corrected chi connectivity index (χ1v) is 7.00. The molecule has 0 aromatic heterocycles. The summed E-state index contributed by atoms with van der Waals surface area (Å²) >= 11 is 1.65. The van der Waals surface area contributed by atoms with Gasteiger partial charge in [0, 0.05) is 16.7 Å². The normalized spacial score (nSPS) is 15.5. The fourth-order valence-electron chi connectivity index (χ4n) is 2.24. The van der Waals surface area contributed by atoms with Crippen molar-refractivity contribution in [2.45, 2.75) is 30.6 Å². The Balaban J connectivity index is 2.07. The highest BCUT2D eigenvalue weighted by Gasteiger charge is 2.17. The van der Waals surface area contributed by atoms with Gasteiger partial charge in [-0.05, 0) is 30.9 Å². The second-order valence-electron chi connectivity index (χ2n) is 4.51. The highest BCUT2D eigenvalue weighted by atomic mass is 32.2. The van der Waals surface area contributed by atoms with Crippen molar-refractivity contribution >= 4 is 17.4 Å². The van der Waals surface area contributed by atoms with E-state index in [9.17, 15) is 10.1 Å². The molecule has 0 bridgehead atoms. The molecular weight excluding hydrogens is 248 g/mol. The van der Waals surface area contributed by atoms with Crippen LogP contribution in [0.2, 0.25) is 0 Å². The smallest absolute Gasteiger partial charge is 0.258 e. The summed E-state index contributed by atoms with van der Waals surface area (Å²) in [7, 11) is 0. The van der Waals surface area contributed by atoms with E-state index in [1.54, 1.807) is 17.8 Å². The Kier molecular flexibility index (Phi) is 4.21. The Labute approximate surface area is 110 Å². The van der Waals surface area contributed by atoms with Crippen LogP contribution in [0.15, 0.2) is 23.1 Å². The van der Waals surface area contributed by atoms with Gasteiger partial charge in [0.25, 0.3) is 5.69 Å². The first-order chi connectivity index (χ1) is 8.70. The van der Waals surface area contributed by atoms with Gasteiger partial charge >= 0.3 is 0 Å². The standard InChI is InChI=1S/C13H14N2O2S/c14-8-11-5-6-12(7-13(11)15(16)17)18-9-10-3-1-2-4-10/h5-7,10H,1-4,9H2. The van der Waals surface area contributed by atoms with Gasteiger partial charge in [0.1, 0.15) is 11.6 Å². The number of hydrogen-bond acceptors (Lipinski definition) is 4. The Bertz CT molecular complexity index is 490. The molecule has 1 aliphatic carbocycles. The van der Waals surface area contributed by atoms with Crippen molar-refractivity contribution in [3.8, 4) is 6.07 Å². The number of benzene rings is 1. The number of nitro groups is 1. The summed E-state index contributed by atoms with van der Waals surface area (Å²) in [6, 6.07) is 6.70. The SMILES string of the molecule is N#Cc1ccc(SCC2CCCC2)cc1[N+](=O)[O-]. The van der Waals surface area contributed by atoms with Crippen LogP contribution in [-0.4, -0.2) is 10.7 Å². The largest absolute Gasteiger partial charge is 0.288 e. The minimum absolute atomic E-state index is 0.0890. The molecular formula is C13H14N2O2S. The van der Waals surface area contributed by atoms with Gasteiger partial charge in [-0.1, -0.05) is 12.8 Å². The topological polar surface area (TPSA) is 66.9 Å². The zero-order valence-corrected chi connectivity index (χ0v) is 10.8. The van der Waals surface area contributed by atoms with Gasteiger partial charge in [0.2, 0.25) is 0 Å². The molecule has 0 amide bonds. The maximum Gasteiger partial charge on any atom is 0.288 e. The highest BCUT2D eigenvalue weighted by molar-refractivity contribution is 7.99. The number of nitrogens with zero attached hydrogens (tertiary/aromatic N) is 2. The summed E-state index contributed by atoms with van der Waals surface area (Å²) in [5.41, 5.74) is 0.0409. The average molecular weight is 262 g/mol. The van der Waals surface area contributed by atoms with Crippen molar-refractivity contribution < 1.29 is 4.92 Å². The zero-order chi connectivity index (χ0) is 13.0. The molecule has 5 heteroatoms. The first-order valence-electron chi connectivity index (χ1n) is 6.02. The van der Waals surface area contributed by atoms with Crippen molar-refractivity contribution in [3.05, 3.63) is 33.9 Å². The van der Waals surface area contributed by atoms with Crippen LogP contribution in [0.4, 0.5) is 5.69 Å². The third-order valence-electron chi connectivity index (χ3n) is 3.25. The highest BCUT2D eigenvalue weighted by Crippen LogP contribution is 2.32. The fraction of sp³-hybridized carbons (Fsp3) is 0.462. The lowest BCUT2D eigenvalue weighted by molar-refractivity contribution is -0.385. The molecule has 1 fully saturated rings. The van der Waals surface area contributed by atoms with E-state index in [4.69, 9.17) is 5.26 Å². The summed E-state index contributed by atoms with van der Waals surface area (Å²) < 4.78 is 0. The molecule has 0 saturated heterocycles. The van der Waals surface area contributed by atoms with Crippen molar-refractivity contribution in [2.75, 3.05) is 5.75 Å². The Morgan fingerprint density at radius 3 is 2.78 bits per heavy atom. The molecule has 1 aromatic carbocycles. The molecule has 0 N–H and O–H groups in total. The molecule has 1 saturated carbocycles. The summed E-state index contributed by atoms with van der Waals surface area (Å²) in [5.74, 6) is 1.76. The third kappa shape index (κ3) is 3.02. The lowest BCUT2D eigenvalue weighted by atomic mass is 10.1. The lowest BCUT2D eigenvalue weighted by Crippen LogP contribution is -1.97. The van der Waals surface area contributed by atoms with Gasteiger partial charge in [0.15, 0.2) is 0 Å². The van der Waals surface area contributed by atoms with Crippen molar-refractivity contribution in [1.29, 1.82) is 5.26 Å².